The summed E-state index contributed by atoms with van der Waals surface area (Å²) in [6.07, 6.45) is 2.62. The second kappa shape index (κ2) is 9.22. The molecule has 7 heteroatoms. The number of nitrogens with one attached hydrogen (secondary N) is 1. The predicted molar refractivity (Wildman–Crippen MR) is 93.2 cm³/mol. The van der Waals surface area contributed by atoms with Crippen LogP contribution in [-0.2, 0) is 19.1 Å². The number of esters is 1. The number of carbonyl (C=O) groups is 3. The highest BCUT2D eigenvalue weighted by atomic mass is 16.7. The Balaban J connectivity index is 1.98. The third kappa shape index (κ3) is 6.06. The molecule has 1 aliphatic carbocycles. The molecule has 1 aromatic rings. The Kier molecular flexibility index (Phi) is 7.00. The van der Waals surface area contributed by atoms with Gasteiger partial charge in [0.15, 0.2) is 0 Å². The summed E-state index contributed by atoms with van der Waals surface area (Å²) in [5.74, 6) is -1.44. The Bertz CT molecular complexity index is 624. The van der Waals surface area contributed by atoms with Crippen LogP contribution in [0.3, 0.4) is 0 Å². The van der Waals surface area contributed by atoms with Gasteiger partial charge in [-0.2, -0.15) is 0 Å². The van der Waals surface area contributed by atoms with E-state index in [1.165, 1.54) is 6.92 Å². The quantitative estimate of drug-likeness (QED) is 0.569. The lowest BCUT2D eigenvalue weighted by atomic mass is 9.72. The highest BCUT2D eigenvalue weighted by molar-refractivity contribution is 5.70. The molecule has 2 N–H and O–H groups in total. The lowest BCUT2D eigenvalue weighted by Crippen LogP contribution is -2.41. The second-order valence-electron chi connectivity index (χ2n) is 6.74. The van der Waals surface area contributed by atoms with Gasteiger partial charge in [-0.3, -0.25) is 9.59 Å². The molecule has 1 aliphatic rings. The third-order valence-electron chi connectivity index (χ3n) is 4.61. The number of carboxylic acids is 1. The normalized spacial score (nSPS) is 17.0. The number of carboxylic acid groups (broad SMARTS) is 1. The highest BCUT2D eigenvalue weighted by Crippen LogP contribution is 2.38. The third-order valence-corrected chi connectivity index (χ3v) is 4.61. The molecular formula is C19H25NO6. The van der Waals surface area contributed by atoms with E-state index in [4.69, 9.17) is 9.47 Å². The van der Waals surface area contributed by atoms with Gasteiger partial charge in [0.2, 0.25) is 0 Å². The molecule has 0 bridgehead atoms. The van der Waals surface area contributed by atoms with Crippen molar-refractivity contribution in [2.75, 3.05) is 6.54 Å². The van der Waals surface area contributed by atoms with E-state index in [0.717, 1.165) is 32.1 Å². The topological polar surface area (TPSA) is 102 Å². The summed E-state index contributed by atoms with van der Waals surface area (Å²) in [6.45, 7) is 1.46. The van der Waals surface area contributed by atoms with Crippen molar-refractivity contribution < 1.29 is 29.0 Å². The van der Waals surface area contributed by atoms with E-state index in [0.29, 0.717) is 5.56 Å². The first-order valence-corrected chi connectivity index (χ1v) is 8.79. The van der Waals surface area contributed by atoms with E-state index in [1.54, 1.807) is 30.3 Å². The van der Waals surface area contributed by atoms with Crippen molar-refractivity contribution in [2.24, 2.45) is 5.41 Å². The van der Waals surface area contributed by atoms with E-state index in [2.05, 4.69) is 5.32 Å². The molecule has 0 aromatic heterocycles. The maximum atomic E-state index is 12.2. The van der Waals surface area contributed by atoms with Gasteiger partial charge in [-0.05, 0) is 18.3 Å². The minimum absolute atomic E-state index is 0.0132. The van der Waals surface area contributed by atoms with Gasteiger partial charge in [0.25, 0.3) is 6.29 Å². The number of rotatable bonds is 7. The Morgan fingerprint density at radius 2 is 1.77 bits per heavy atom. The van der Waals surface area contributed by atoms with Crippen LogP contribution in [0.1, 0.15) is 57.3 Å². The van der Waals surface area contributed by atoms with Gasteiger partial charge in [-0.1, -0.05) is 49.6 Å². The first kappa shape index (κ1) is 19.8. The fourth-order valence-corrected chi connectivity index (χ4v) is 3.36. The molecule has 0 saturated heterocycles. The van der Waals surface area contributed by atoms with Gasteiger partial charge in [0.05, 0.1) is 6.42 Å². The van der Waals surface area contributed by atoms with Crippen molar-refractivity contribution in [3.8, 4) is 0 Å². The first-order chi connectivity index (χ1) is 12.4. The standard InChI is InChI=1S/C19H25NO6/c1-14(21)25-17(15-8-4-2-5-9-15)26-18(24)20-13-19(12-16(22)23)10-6-3-7-11-19/h2,4-5,8-9,17H,3,6-7,10-13H2,1H3,(H,20,24)(H,22,23). The Hall–Kier alpha value is -2.57. The molecule has 0 spiro atoms. The van der Waals surface area contributed by atoms with Crippen LogP contribution < -0.4 is 5.32 Å². The fraction of sp³-hybridized carbons (Fsp3) is 0.526. The number of carbonyl (C=O) groups excluding carboxylic acids is 2. The molecule has 26 heavy (non-hydrogen) atoms. The minimum Gasteiger partial charge on any atom is -0.481 e. The molecule has 1 amide bonds. The van der Waals surface area contributed by atoms with Crippen LogP contribution in [0.2, 0.25) is 0 Å². The second-order valence-corrected chi connectivity index (χ2v) is 6.74. The zero-order valence-electron chi connectivity index (χ0n) is 14.9. The molecule has 142 valence electrons. The summed E-state index contributed by atoms with van der Waals surface area (Å²) in [5.41, 5.74) is 0.0861. The number of hydrogen-bond acceptors (Lipinski definition) is 5. The summed E-state index contributed by atoms with van der Waals surface area (Å²) >= 11 is 0. The van der Waals surface area contributed by atoms with Crippen molar-refractivity contribution in [3.63, 3.8) is 0 Å². The summed E-state index contributed by atoms with van der Waals surface area (Å²) in [4.78, 5) is 34.7. The summed E-state index contributed by atoms with van der Waals surface area (Å²) in [6, 6.07) is 8.67. The number of ether oxygens (including phenoxy) is 2. The lowest BCUT2D eigenvalue weighted by Gasteiger charge is -2.36. The molecule has 1 aromatic carbocycles. The average molecular weight is 363 g/mol. The van der Waals surface area contributed by atoms with Gasteiger partial charge in [-0.15, -0.1) is 0 Å². The zero-order chi connectivity index (χ0) is 19.0. The first-order valence-electron chi connectivity index (χ1n) is 8.79. The van der Waals surface area contributed by atoms with Crippen LogP contribution in [0, 0.1) is 5.41 Å². The molecule has 7 nitrogen and oxygen atoms in total. The van der Waals surface area contributed by atoms with E-state index in [-0.39, 0.29) is 13.0 Å². The molecule has 2 rings (SSSR count). The Labute approximate surface area is 152 Å². The van der Waals surface area contributed by atoms with Crippen LogP contribution in [0.15, 0.2) is 30.3 Å². The summed E-state index contributed by atoms with van der Waals surface area (Å²) in [7, 11) is 0. The molecule has 1 fully saturated rings. The lowest BCUT2D eigenvalue weighted by molar-refractivity contribution is -0.166. The molecule has 0 heterocycles. The Morgan fingerprint density at radius 1 is 1.12 bits per heavy atom. The van der Waals surface area contributed by atoms with Crippen molar-refractivity contribution in [3.05, 3.63) is 35.9 Å². The highest BCUT2D eigenvalue weighted by Gasteiger charge is 2.35. The number of hydrogen-bond donors (Lipinski definition) is 2. The fourth-order valence-electron chi connectivity index (χ4n) is 3.36. The number of alkyl carbamates (subject to hydrolysis) is 1. The van der Waals surface area contributed by atoms with Crippen LogP contribution in [-0.4, -0.2) is 29.7 Å². The van der Waals surface area contributed by atoms with Crippen molar-refractivity contribution in [2.45, 2.75) is 51.7 Å². The average Bonchev–Trinajstić information content (AvgIpc) is 2.60. The molecule has 0 aliphatic heterocycles. The van der Waals surface area contributed by atoms with Crippen LogP contribution in [0.4, 0.5) is 4.79 Å². The van der Waals surface area contributed by atoms with Crippen molar-refractivity contribution in [1.82, 2.24) is 5.32 Å². The maximum absolute atomic E-state index is 12.2. The van der Waals surface area contributed by atoms with Crippen molar-refractivity contribution >= 4 is 18.0 Å². The molecular weight excluding hydrogens is 338 g/mol. The molecule has 1 atom stereocenters. The zero-order valence-corrected chi connectivity index (χ0v) is 14.9. The monoisotopic (exact) mass is 363 g/mol. The van der Waals surface area contributed by atoms with E-state index in [1.807, 2.05) is 0 Å². The number of aliphatic carboxylic acids is 1. The summed E-state index contributed by atoms with van der Waals surface area (Å²) in [5, 5.41) is 11.8. The largest absolute Gasteiger partial charge is 0.481 e. The molecule has 0 radical (unpaired) electrons. The van der Waals surface area contributed by atoms with Crippen LogP contribution in [0.25, 0.3) is 0 Å². The minimum atomic E-state index is -1.14. The van der Waals surface area contributed by atoms with E-state index >= 15 is 0 Å². The van der Waals surface area contributed by atoms with Gasteiger partial charge in [-0.25, -0.2) is 4.79 Å². The van der Waals surface area contributed by atoms with E-state index < -0.39 is 29.7 Å². The predicted octanol–water partition coefficient (Wildman–Crippen LogP) is 3.40. The van der Waals surface area contributed by atoms with Gasteiger partial charge >= 0.3 is 18.0 Å². The van der Waals surface area contributed by atoms with Crippen LogP contribution >= 0.6 is 0 Å². The molecule has 1 saturated carbocycles. The van der Waals surface area contributed by atoms with Crippen molar-refractivity contribution in [1.29, 1.82) is 0 Å². The number of amides is 1. The van der Waals surface area contributed by atoms with E-state index in [9.17, 15) is 19.5 Å². The van der Waals surface area contributed by atoms with Gasteiger partial charge < -0.3 is 19.9 Å². The number of benzene rings is 1. The SMILES string of the molecule is CC(=O)OC(OC(=O)NCC1(CC(=O)O)CCCCC1)c1ccccc1. The van der Waals surface area contributed by atoms with Gasteiger partial charge in [0.1, 0.15) is 0 Å². The van der Waals surface area contributed by atoms with Gasteiger partial charge in [0, 0.05) is 19.0 Å². The Morgan fingerprint density at radius 3 is 2.35 bits per heavy atom. The maximum Gasteiger partial charge on any atom is 0.410 e. The summed E-state index contributed by atoms with van der Waals surface area (Å²) < 4.78 is 10.3. The molecule has 1 unspecified atom stereocenters. The smallest absolute Gasteiger partial charge is 0.410 e. The van der Waals surface area contributed by atoms with Crippen LogP contribution in [0.5, 0.6) is 0 Å².